The van der Waals surface area contributed by atoms with E-state index in [1.807, 2.05) is 32.0 Å². The van der Waals surface area contributed by atoms with E-state index in [9.17, 15) is 18.7 Å². The number of likely N-dealkylation sites (N-methyl/N-ethyl adjacent to an activating group) is 1. The van der Waals surface area contributed by atoms with Crippen molar-refractivity contribution < 1.29 is 18.7 Å². The van der Waals surface area contributed by atoms with Crippen molar-refractivity contribution >= 4 is 17.5 Å². The zero-order valence-corrected chi connectivity index (χ0v) is 20.2. The van der Waals surface area contributed by atoms with E-state index in [-0.39, 0.29) is 29.9 Å². The summed E-state index contributed by atoms with van der Waals surface area (Å²) in [5.41, 5.74) is 0.715. The molecule has 0 aliphatic heterocycles. The quantitative estimate of drug-likeness (QED) is 0.529. The van der Waals surface area contributed by atoms with Crippen LogP contribution in [0.3, 0.4) is 0 Å². The second kappa shape index (κ2) is 9.89. The number of benzene rings is 1. The molecule has 1 aromatic heterocycles. The molecule has 1 saturated carbocycles. The molecule has 9 heteroatoms. The predicted molar refractivity (Wildman–Crippen MR) is 124 cm³/mol. The standard InChI is InChI=1S/C24H31ClF2N4O2/c1-15-9-19(32)6-5-16(15)10-18(31(3)4)14-28-21(33)11-20(22-29-12-17(25)13-30-22)24(7-8-24)23(2,26)27/h5-6,9,12-13,18,20,32H,7-8,10-11,14H2,1-4H3,(H,28,33)/t18-,20?/m0/s1. The van der Waals surface area contributed by atoms with E-state index in [1.54, 1.807) is 12.1 Å². The molecule has 1 aliphatic rings. The van der Waals surface area contributed by atoms with Gasteiger partial charge >= 0.3 is 0 Å². The van der Waals surface area contributed by atoms with Crippen molar-refractivity contribution in [3.63, 3.8) is 0 Å². The number of rotatable bonds is 10. The van der Waals surface area contributed by atoms with Crippen molar-refractivity contribution in [2.45, 2.75) is 57.4 Å². The Hall–Kier alpha value is -2.32. The monoisotopic (exact) mass is 480 g/mol. The lowest BCUT2D eigenvalue weighted by molar-refractivity contribution is -0.124. The van der Waals surface area contributed by atoms with Gasteiger partial charge in [-0.1, -0.05) is 17.7 Å². The molecule has 2 N–H and O–H groups in total. The predicted octanol–water partition coefficient (Wildman–Crippen LogP) is 4.34. The van der Waals surface area contributed by atoms with Gasteiger partial charge in [0.2, 0.25) is 5.91 Å². The van der Waals surface area contributed by atoms with Gasteiger partial charge in [-0.2, -0.15) is 0 Å². The maximum atomic E-state index is 14.5. The Morgan fingerprint density at radius 3 is 2.45 bits per heavy atom. The summed E-state index contributed by atoms with van der Waals surface area (Å²) >= 11 is 5.87. The summed E-state index contributed by atoms with van der Waals surface area (Å²) in [5, 5.41) is 12.9. The fourth-order valence-corrected chi connectivity index (χ4v) is 4.45. The first-order valence-electron chi connectivity index (χ1n) is 11.0. The Bertz CT molecular complexity index is 975. The van der Waals surface area contributed by atoms with Crippen LogP contribution in [0.2, 0.25) is 5.02 Å². The zero-order chi connectivity index (χ0) is 24.4. The van der Waals surface area contributed by atoms with Gasteiger partial charge in [-0.25, -0.2) is 18.7 Å². The van der Waals surface area contributed by atoms with E-state index in [1.165, 1.54) is 12.4 Å². The van der Waals surface area contributed by atoms with Gasteiger partial charge in [0.15, 0.2) is 0 Å². The smallest absolute Gasteiger partial charge is 0.251 e. The maximum absolute atomic E-state index is 14.5. The lowest BCUT2D eigenvalue weighted by Gasteiger charge is -2.31. The topological polar surface area (TPSA) is 78.3 Å². The van der Waals surface area contributed by atoms with E-state index in [4.69, 9.17) is 11.6 Å². The molecule has 1 aromatic carbocycles. The number of carbonyl (C=O) groups is 1. The van der Waals surface area contributed by atoms with Gasteiger partial charge in [-0.15, -0.1) is 0 Å². The fourth-order valence-electron chi connectivity index (χ4n) is 4.35. The highest BCUT2D eigenvalue weighted by atomic mass is 35.5. The molecule has 2 aromatic rings. The number of aromatic hydroxyl groups is 1. The number of phenolic OH excluding ortho intramolecular Hbond substituents is 1. The number of aryl methyl sites for hydroxylation is 1. The molecule has 0 bridgehead atoms. The number of aromatic nitrogens is 2. The van der Waals surface area contributed by atoms with Gasteiger partial charge in [-0.3, -0.25) is 4.79 Å². The van der Waals surface area contributed by atoms with Crippen molar-refractivity contribution in [3.05, 3.63) is 52.6 Å². The van der Waals surface area contributed by atoms with Crippen LogP contribution in [0.5, 0.6) is 5.75 Å². The van der Waals surface area contributed by atoms with Crippen LogP contribution in [0, 0.1) is 12.3 Å². The SMILES string of the molecule is Cc1cc(O)ccc1C[C@@H](CNC(=O)CC(c1ncc(Cl)cn1)C1(C(C)(F)F)CC1)N(C)C. The zero-order valence-electron chi connectivity index (χ0n) is 19.4. The molecule has 180 valence electrons. The molecular formula is C24H31ClF2N4O2. The number of nitrogens with zero attached hydrogens (tertiary/aromatic N) is 3. The minimum Gasteiger partial charge on any atom is -0.508 e. The molecule has 1 heterocycles. The molecule has 33 heavy (non-hydrogen) atoms. The molecule has 6 nitrogen and oxygen atoms in total. The lowest BCUT2D eigenvalue weighted by Crippen LogP contribution is -2.43. The van der Waals surface area contributed by atoms with E-state index < -0.39 is 17.3 Å². The summed E-state index contributed by atoms with van der Waals surface area (Å²) in [5.74, 6) is -3.64. The number of alkyl halides is 2. The third-order valence-corrected chi connectivity index (χ3v) is 6.91. The third-order valence-electron chi connectivity index (χ3n) is 6.72. The Morgan fingerprint density at radius 1 is 1.30 bits per heavy atom. The normalized spacial score (nSPS) is 17.0. The summed E-state index contributed by atoms with van der Waals surface area (Å²) in [7, 11) is 3.85. The Kier molecular flexibility index (Phi) is 7.59. The number of phenols is 1. The average molecular weight is 481 g/mol. The summed E-state index contributed by atoms with van der Waals surface area (Å²) in [6.07, 6.45) is 3.94. The van der Waals surface area contributed by atoms with Crippen LogP contribution in [-0.4, -0.2) is 58.5 Å². The van der Waals surface area contributed by atoms with Gasteiger partial charge in [0.1, 0.15) is 11.6 Å². The Labute approximate surface area is 198 Å². The van der Waals surface area contributed by atoms with Gasteiger partial charge < -0.3 is 15.3 Å². The van der Waals surface area contributed by atoms with Crippen LogP contribution in [0.4, 0.5) is 8.78 Å². The van der Waals surface area contributed by atoms with Crippen molar-refractivity contribution in [2.24, 2.45) is 5.41 Å². The highest BCUT2D eigenvalue weighted by Crippen LogP contribution is 2.65. The summed E-state index contributed by atoms with van der Waals surface area (Å²) in [6, 6.07) is 5.21. The van der Waals surface area contributed by atoms with Gasteiger partial charge in [0.25, 0.3) is 5.92 Å². The molecule has 0 spiro atoms. The number of hydrogen-bond acceptors (Lipinski definition) is 5. The molecule has 1 fully saturated rings. The number of hydrogen-bond donors (Lipinski definition) is 2. The van der Waals surface area contributed by atoms with Crippen LogP contribution in [-0.2, 0) is 11.2 Å². The van der Waals surface area contributed by atoms with E-state index in [0.29, 0.717) is 30.8 Å². The number of halogens is 3. The molecule has 0 saturated heterocycles. The molecule has 1 aliphatic carbocycles. The summed E-state index contributed by atoms with van der Waals surface area (Å²) in [4.78, 5) is 23.2. The Balaban J connectivity index is 1.71. The molecule has 0 radical (unpaired) electrons. The second-order valence-corrected chi connectivity index (χ2v) is 9.73. The number of amides is 1. The van der Waals surface area contributed by atoms with Crippen molar-refractivity contribution in [1.29, 1.82) is 0 Å². The molecule has 2 atom stereocenters. The maximum Gasteiger partial charge on any atom is 0.251 e. The van der Waals surface area contributed by atoms with Gasteiger partial charge in [0, 0.05) is 42.7 Å². The summed E-state index contributed by atoms with van der Waals surface area (Å²) in [6.45, 7) is 3.19. The molecule has 1 amide bonds. The van der Waals surface area contributed by atoms with Crippen LogP contribution < -0.4 is 5.32 Å². The molecule has 1 unspecified atom stereocenters. The lowest BCUT2D eigenvalue weighted by atomic mass is 9.80. The van der Waals surface area contributed by atoms with Crippen LogP contribution in [0.25, 0.3) is 0 Å². The van der Waals surface area contributed by atoms with Crippen molar-refractivity contribution in [3.8, 4) is 5.75 Å². The average Bonchev–Trinajstić information content (AvgIpc) is 3.53. The van der Waals surface area contributed by atoms with Crippen LogP contribution in [0.15, 0.2) is 30.6 Å². The van der Waals surface area contributed by atoms with Crippen LogP contribution in [0.1, 0.15) is 49.1 Å². The van der Waals surface area contributed by atoms with E-state index in [2.05, 4.69) is 15.3 Å². The van der Waals surface area contributed by atoms with E-state index >= 15 is 0 Å². The van der Waals surface area contributed by atoms with Crippen molar-refractivity contribution in [1.82, 2.24) is 20.2 Å². The number of carbonyl (C=O) groups excluding carboxylic acids is 1. The molecular weight excluding hydrogens is 450 g/mol. The molecule has 3 rings (SSSR count). The van der Waals surface area contributed by atoms with Crippen LogP contribution >= 0.6 is 11.6 Å². The first-order chi connectivity index (χ1) is 15.4. The first-order valence-corrected chi connectivity index (χ1v) is 11.4. The third kappa shape index (κ3) is 5.98. The summed E-state index contributed by atoms with van der Waals surface area (Å²) < 4.78 is 29.0. The first kappa shape index (κ1) is 25.3. The highest BCUT2D eigenvalue weighted by Gasteiger charge is 2.64. The van der Waals surface area contributed by atoms with Gasteiger partial charge in [0.05, 0.1) is 5.02 Å². The fraction of sp³-hybridized carbons (Fsp3) is 0.542. The van der Waals surface area contributed by atoms with E-state index in [0.717, 1.165) is 18.1 Å². The Morgan fingerprint density at radius 2 is 1.94 bits per heavy atom. The van der Waals surface area contributed by atoms with Crippen molar-refractivity contribution in [2.75, 3.05) is 20.6 Å². The highest BCUT2D eigenvalue weighted by molar-refractivity contribution is 6.30. The number of nitrogens with one attached hydrogen (secondary N) is 1. The minimum atomic E-state index is -2.95. The minimum absolute atomic E-state index is 0.00933. The van der Waals surface area contributed by atoms with Gasteiger partial charge in [-0.05, 0) is 70.5 Å². The largest absolute Gasteiger partial charge is 0.508 e. The second-order valence-electron chi connectivity index (χ2n) is 9.30.